The Morgan fingerprint density at radius 3 is 2.27 bits per heavy atom. The Bertz CT molecular complexity index is 446. The van der Waals surface area contributed by atoms with Gasteiger partial charge in [-0.1, -0.05) is 30.3 Å². The summed E-state index contributed by atoms with van der Waals surface area (Å²) in [5.74, 6) is 0. The van der Waals surface area contributed by atoms with Crippen molar-refractivity contribution in [3.05, 3.63) is 54.1 Å². The highest BCUT2D eigenvalue weighted by Crippen LogP contribution is 2.21. The molecular formula is C13H14N2. The van der Waals surface area contributed by atoms with Crippen LogP contribution in [0.2, 0.25) is 0 Å². The average molecular weight is 198 g/mol. The summed E-state index contributed by atoms with van der Waals surface area (Å²) in [6.45, 7) is 0.572. The predicted octanol–water partition coefficient (Wildman–Crippen LogP) is 2.39. The van der Waals surface area contributed by atoms with E-state index in [2.05, 4.69) is 12.1 Å². The molecule has 0 unspecified atom stereocenters. The van der Waals surface area contributed by atoms with Gasteiger partial charge >= 0.3 is 0 Å². The molecule has 2 nitrogen and oxygen atoms in total. The minimum atomic E-state index is 0.572. The van der Waals surface area contributed by atoms with Crippen molar-refractivity contribution in [2.24, 2.45) is 5.73 Å². The first-order valence-corrected chi connectivity index (χ1v) is 4.94. The molecule has 0 bridgehead atoms. The van der Waals surface area contributed by atoms with E-state index in [0.717, 1.165) is 11.3 Å². The van der Waals surface area contributed by atoms with Crippen molar-refractivity contribution >= 4 is 5.69 Å². The number of benzene rings is 2. The van der Waals surface area contributed by atoms with Crippen LogP contribution in [0.15, 0.2) is 48.5 Å². The molecule has 4 N–H and O–H groups in total. The molecule has 76 valence electrons. The minimum absolute atomic E-state index is 0.572. The van der Waals surface area contributed by atoms with E-state index in [1.165, 1.54) is 11.1 Å². The summed E-state index contributed by atoms with van der Waals surface area (Å²) in [6.07, 6.45) is 0. The van der Waals surface area contributed by atoms with Gasteiger partial charge in [-0.05, 0) is 34.9 Å². The largest absolute Gasteiger partial charge is 0.399 e. The van der Waals surface area contributed by atoms with Gasteiger partial charge in [0, 0.05) is 12.2 Å². The molecule has 0 atom stereocenters. The highest BCUT2D eigenvalue weighted by Gasteiger charge is 1.97. The van der Waals surface area contributed by atoms with E-state index in [1.807, 2.05) is 36.4 Å². The fourth-order valence-electron chi connectivity index (χ4n) is 1.55. The van der Waals surface area contributed by atoms with Gasteiger partial charge < -0.3 is 11.5 Å². The molecule has 0 heterocycles. The van der Waals surface area contributed by atoms with Crippen molar-refractivity contribution in [3.8, 4) is 11.1 Å². The molecule has 0 amide bonds. The first-order valence-electron chi connectivity index (χ1n) is 4.94. The first kappa shape index (κ1) is 9.74. The molecule has 0 aromatic heterocycles. The van der Waals surface area contributed by atoms with Crippen molar-refractivity contribution in [1.82, 2.24) is 0 Å². The molecule has 15 heavy (non-hydrogen) atoms. The van der Waals surface area contributed by atoms with E-state index in [0.29, 0.717) is 6.54 Å². The third-order valence-electron chi connectivity index (χ3n) is 2.41. The van der Waals surface area contributed by atoms with Crippen LogP contribution in [0.5, 0.6) is 0 Å². The average Bonchev–Trinajstić information content (AvgIpc) is 2.30. The Labute approximate surface area is 89.5 Å². The van der Waals surface area contributed by atoms with E-state index in [1.54, 1.807) is 0 Å². The number of hydrogen-bond acceptors (Lipinski definition) is 2. The summed E-state index contributed by atoms with van der Waals surface area (Å²) in [6, 6.07) is 16.1. The maximum absolute atomic E-state index is 5.64. The molecule has 0 saturated carbocycles. The van der Waals surface area contributed by atoms with Gasteiger partial charge in [-0.25, -0.2) is 0 Å². The topological polar surface area (TPSA) is 52.0 Å². The van der Waals surface area contributed by atoms with Crippen molar-refractivity contribution in [1.29, 1.82) is 0 Å². The zero-order chi connectivity index (χ0) is 10.7. The molecule has 0 fully saturated rings. The molecule has 2 rings (SSSR count). The van der Waals surface area contributed by atoms with Crippen molar-refractivity contribution in [3.63, 3.8) is 0 Å². The van der Waals surface area contributed by atoms with E-state index >= 15 is 0 Å². The van der Waals surface area contributed by atoms with E-state index in [9.17, 15) is 0 Å². The van der Waals surface area contributed by atoms with Crippen LogP contribution in [0.25, 0.3) is 11.1 Å². The van der Waals surface area contributed by atoms with Crippen LogP contribution >= 0.6 is 0 Å². The van der Waals surface area contributed by atoms with Gasteiger partial charge in [0.05, 0.1) is 0 Å². The summed E-state index contributed by atoms with van der Waals surface area (Å²) < 4.78 is 0. The zero-order valence-corrected chi connectivity index (χ0v) is 8.48. The monoisotopic (exact) mass is 198 g/mol. The van der Waals surface area contributed by atoms with Crippen LogP contribution in [0.4, 0.5) is 5.69 Å². The fraction of sp³-hybridized carbons (Fsp3) is 0.0769. The van der Waals surface area contributed by atoms with Gasteiger partial charge in [-0.2, -0.15) is 0 Å². The second-order valence-corrected chi connectivity index (χ2v) is 3.53. The SMILES string of the molecule is NCc1cccc(-c2ccc(N)cc2)c1. The third-order valence-corrected chi connectivity index (χ3v) is 2.41. The van der Waals surface area contributed by atoms with Crippen molar-refractivity contribution in [2.75, 3.05) is 5.73 Å². The number of hydrogen-bond donors (Lipinski definition) is 2. The lowest BCUT2D eigenvalue weighted by molar-refractivity contribution is 1.07. The Balaban J connectivity index is 2.40. The van der Waals surface area contributed by atoms with Crippen molar-refractivity contribution in [2.45, 2.75) is 6.54 Å². The molecule has 2 aromatic rings. The third kappa shape index (κ3) is 2.17. The van der Waals surface area contributed by atoms with E-state index < -0.39 is 0 Å². The van der Waals surface area contributed by atoms with Gasteiger partial charge in [-0.15, -0.1) is 0 Å². The van der Waals surface area contributed by atoms with Gasteiger partial charge in [0.2, 0.25) is 0 Å². The van der Waals surface area contributed by atoms with Gasteiger partial charge in [-0.3, -0.25) is 0 Å². The molecule has 0 saturated heterocycles. The summed E-state index contributed by atoms with van der Waals surface area (Å²) in [4.78, 5) is 0. The highest BCUT2D eigenvalue weighted by molar-refractivity contribution is 5.66. The molecule has 0 aliphatic heterocycles. The molecule has 0 aliphatic carbocycles. The number of nitrogen functional groups attached to an aromatic ring is 1. The van der Waals surface area contributed by atoms with Crippen LogP contribution in [0, 0.1) is 0 Å². The Morgan fingerprint density at radius 1 is 0.867 bits per heavy atom. The van der Waals surface area contributed by atoms with Gasteiger partial charge in [0.25, 0.3) is 0 Å². The summed E-state index contributed by atoms with van der Waals surface area (Å²) in [5.41, 5.74) is 15.5. The standard InChI is InChI=1S/C13H14N2/c14-9-10-2-1-3-12(8-10)11-4-6-13(15)7-5-11/h1-8H,9,14-15H2. The van der Waals surface area contributed by atoms with Crippen LogP contribution in [-0.2, 0) is 6.54 Å². The van der Waals surface area contributed by atoms with Crippen LogP contribution < -0.4 is 11.5 Å². The van der Waals surface area contributed by atoms with Crippen LogP contribution in [-0.4, -0.2) is 0 Å². The van der Waals surface area contributed by atoms with Gasteiger partial charge in [0.1, 0.15) is 0 Å². The van der Waals surface area contributed by atoms with E-state index in [-0.39, 0.29) is 0 Å². The second-order valence-electron chi connectivity index (χ2n) is 3.53. The lowest BCUT2D eigenvalue weighted by Gasteiger charge is -2.04. The predicted molar refractivity (Wildman–Crippen MR) is 64.2 cm³/mol. The Morgan fingerprint density at radius 2 is 1.60 bits per heavy atom. The quantitative estimate of drug-likeness (QED) is 0.728. The molecule has 2 aromatic carbocycles. The maximum atomic E-state index is 5.64. The van der Waals surface area contributed by atoms with E-state index in [4.69, 9.17) is 11.5 Å². The highest BCUT2D eigenvalue weighted by atomic mass is 14.5. The molecule has 2 heteroatoms. The first-order chi connectivity index (χ1) is 7.29. The van der Waals surface area contributed by atoms with Crippen molar-refractivity contribution < 1.29 is 0 Å². The number of nitrogens with two attached hydrogens (primary N) is 2. The molecule has 0 radical (unpaired) electrons. The lowest BCUT2D eigenvalue weighted by atomic mass is 10.0. The molecular weight excluding hydrogens is 184 g/mol. The molecule has 0 spiro atoms. The van der Waals surface area contributed by atoms with Crippen LogP contribution in [0.1, 0.15) is 5.56 Å². The fourth-order valence-corrected chi connectivity index (χ4v) is 1.55. The maximum Gasteiger partial charge on any atom is 0.0314 e. The summed E-state index contributed by atoms with van der Waals surface area (Å²) in [7, 11) is 0. The summed E-state index contributed by atoms with van der Waals surface area (Å²) in [5, 5.41) is 0. The molecule has 0 aliphatic rings. The number of rotatable bonds is 2. The second kappa shape index (κ2) is 4.15. The van der Waals surface area contributed by atoms with Crippen LogP contribution in [0.3, 0.4) is 0 Å². The minimum Gasteiger partial charge on any atom is -0.399 e. The zero-order valence-electron chi connectivity index (χ0n) is 8.48. The lowest BCUT2D eigenvalue weighted by Crippen LogP contribution is -1.95. The Kier molecular flexibility index (Phi) is 2.70. The summed E-state index contributed by atoms with van der Waals surface area (Å²) >= 11 is 0. The smallest absolute Gasteiger partial charge is 0.0314 e. The Hall–Kier alpha value is -1.80. The number of anilines is 1. The normalized spacial score (nSPS) is 10.2. The van der Waals surface area contributed by atoms with Gasteiger partial charge in [0.15, 0.2) is 0 Å².